The van der Waals surface area contributed by atoms with Gasteiger partial charge in [-0.1, -0.05) is 97.1 Å². The van der Waals surface area contributed by atoms with Gasteiger partial charge in [0.15, 0.2) is 9.92 Å². The first-order valence-electron chi connectivity index (χ1n) is 17.3. The minimum atomic E-state index is -4.15. The predicted octanol–water partition coefficient (Wildman–Crippen LogP) is 7.88. The van der Waals surface area contributed by atoms with E-state index in [1.165, 1.54) is 21.6 Å². The molecule has 4 aliphatic rings. The number of anilines is 1. The van der Waals surface area contributed by atoms with Crippen LogP contribution in [0.2, 0.25) is 0 Å². The van der Waals surface area contributed by atoms with E-state index in [0.717, 1.165) is 68.2 Å². The molecule has 0 bridgehead atoms. The van der Waals surface area contributed by atoms with Crippen LogP contribution in [0.15, 0.2) is 108 Å². The molecular formula is C40H39N5O3S. The smallest absolute Gasteiger partial charge is 0.336 e. The molecule has 1 spiro atoms. The molecule has 1 unspecified atom stereocenters. The average Bonchev–Trinajstić information content (AvgIpc) is 3.50. The van der Waals surface area contributed by atoms with E-state index in [1.54, 1.807) is 4.68 Å². The lowest BCUT2D eigenvalue weighted by Gasteiger charge is -2.45. The minimum Gasteiger partial charge on any atom is -0.476 e. The lowest BCUT2D eigenvalue weighted by molar-refractivity contribution is 0.144. The summed E-state index contributed by atoms with van der Waals surface area (Å²) in [5, 5.41) is 7.96. The Labute approximate surface area is 287 Å². The number of nitrogens with zero attached hydrogens (tertiary/aromatic N) is 3. The molecule has 0 saturated heterocycles. The normalized spacial score (nSPS) is 18.1. The molecule has 2 heterocycles. The van der Waals surface area contributed by atoms with Crippen LogP contribution in [-0.2, 0) is 47.7 Å². The van der Waals surface area contributed by atoms with Crippen LogP contribution < -0.4 is 10.1 Å². The fourth-order valence-corrected chi connectivity index (χ4v) is 10.2. The fourth-order valence-electron chi connectivity index (χ4n) is 8.44. The van der Waals surface area contributed by atoms with Crippen LogP contribution in [0, 0.1) is 10.2 Å². The number of rotatable bonds is 7. The van der Waals surface area contributed by atoms with E-state index in [9.17, 15) is 4.78 Å². The van der Waals surface area contributed by atoms with E-state index in [1.807, 2.05) is 91.0 Å². The molecule has 49 heavy (non-hydrogen) atoms. The third kappa shape index (κ3) is 4.73. The summed E-state index contributed by atoms with van der Waals surface area (Å²) in [4.78, 5) is 15.7. The summed E-state index contributed by atoms with van der Waals surface area (Å²) in [5.74, 6) is 0.305. The number of hydrogen-bond donors (Lipinski definition) is 2. The van der Waals surface area contributed by atoms with Gasteiger partial charge in [-0.25, -0.2) is 22.8 Å². The maximum absolute atomic E-state index is 15.9. The summed E-state index contributed by atoms with van der Waals surface area (Å²) in [7, 11) is -4.15. The summed E-state index contributed by atoms with van der Waals surface area (Å²) in [6.45, 7) is 1.13. The Kier molecular flexibility index (Phi) is 6.99. The van der Waals surface area contributed by atoms with Crippen molar-refractivity contribution in [3.05, 3.63) is 142 Å². The molecule has 9 rings (SSSR count). The van der Waals surface area contributed by atoms with Gasteiger partial charge in [0.1, 0.15) is 10.4 Å². The van der Waals surface area contributed by atoms with Crippen molar-refractivity contribution in [3.8, 4) is 5.88 Å². The molecule has 0 radical (unpaired) electrons. The molecule has 5 aromatic rings. The number of hydrogen-bond acceptors (Lipinski definition) is 5. The predicted molar refractivity (Wildman–Crippen MR) is 189 cm³/mol. The first-order chi connectivity index (χ1) is 23.9. The van der Waals surface area contributed by atoms with Crippen LogP contribution in [0.3, 0.4) is 0 Å². The number of aryl methyl sites for hydroxylation is 2. The molecule has 3 aliphatic carbocycles. The van der Waals surface area contributed by atoms with Crippen LogP contribution in [0.4, 0.5) is 10.5 Å². The third-order valence-electron chi connectivity index (χ3n) is 11.0. The van der Waals surface area contributed by atoms with Gasteiger partial charge in [-0.05, 0) is 90.3 Å². The van der Waals surface area contributed by atoms with Gasteiger partial charge in [-0.2, -0.15) is 5.10 Å². The zero-order valence-corrected chi connectivity index (χ0v) is 28.2. The van der Waals surface area contributed by atoms with Crippen molar-refractivity contribution in [2.45, 2.75) is 68.3 Å². The summed E-state index contributed by atoms with van der Waals surface area (Å²) in [6, 6.07) is 30.8. The number of nitrogens with one attached hydrogen (secondary N) is 2. The Bertz CT molecular complexity index is 2050. The highest BCUT2D eigenvalue weighted by molar-refractivity contribution is 7.90. The zero-order valence-electron chi connectivity index (χ0n) is 27.4. The van der Waals surface area contributed by atoms with E-state index in [0.29, 0.717) is 35.7 Å². The van der Waals surface area contributed by atoms with Crippen molar-refractivity contribution in [3.63, 3.8) is 0 Å². The van der Waals surface area contributed by atoms with Crippen LogP contribution >= 0.6 is 0 Å². The molecule has 1 saturated carbocycles. The second-order valence-corrected chi connectivity index (χ2v) is 15.9. The standard InChI is InChI=1S/C40H39N5O3S/c41-49(47,35-25-42-44-26-39(22-23-39)27-48-37(35)44)45(38(46)43-36-33-20-10-12-28(33)24-29-13-11-21-34(29)36)40(30-14-4-1-5-15-30,31-16-6-2-7-17-31)32-18-8-3-9-19-32/h1-9,14-19,24-25,41H,10-13,20-23,26-27H2,(H,43,46). The SMILES string of the molecule is N=S(=O)(c1cnn2c1OCC1(CC1)C2)N(C(=O)Nc1c2c(cc3c1CCC3)CCC2)C(c1ccccc1)(c1ccccc1)c1ccccc1. The van der Waals surface area contributed by atoms with Gasteiger partial charge >= 0.3 is 6.03 Å². The monoisotopic (exact) mass is 669 g/mol. The molecular weight excluding hydrogens is 631 g/mol. The Morgan fingerprint density at radius 1 is 0.837 bits per heavy atom. The van der Waals surface area contributed by atoms with E-state index in [4.69, 9.17) is 4.74 Å². The van der Waals surface area contributed by atoms with Crippen molar-refractivity contribution < 1.29 is 13.7 Å². The molecule has 1 aliphatic heterocycles. The van der Waals surface area contributed by atoms with Crippen molar-refractivity contribution >= 4 is 21.6 Å². The summed E-state index contributed by atoms with van der Waals surface area (Å²) in [5.41, 5.74) is 6.43. The topological polar surface area (TPSA) is 100 Å². The number of carbonyl (C=O) groups is 1. The van der Waals surface area contributed by atoms with Crippen molar-refractivity contribution in [2.75, 3.05) is 11.9 Å². The number of fused-ring (bicyclic) bond motifs is 3. The second kappa shape index (κ2) is 11.3. The maximum atomic E-state index is 15.9. The molecule has 2 amide bonds. The van der Waals surface area contributed by atoms with E-state index in [2.05, 4.69) is 16.5 Å². The number of benzene rings is 4. The summed E-state index contributed by atoms with van der Waals surface area (Å²) < 4.78 is 35.3. The highest BCUT2D eigenvalue weighted by Crippen LogP contribution is 2.52. The number of carbonyl (C=O) groups excluding carboxylic acids is 1. The zero-order chi connectivity index (χ0) is 33.2. The van der Waals surface area contributed by atoms with Gasteiger partial charge < -0.3 is 10.1 Å². The first kappa shape index (κ1) is 30.2. The molecule has 2 N–H and O–H groups in total. The molecule has 8 nitrogen and oxygen atoms in total. The lowest BCUT2D eigenvalue weighted by Crippen LogP contribution is -2.55. The van der Waals surface area contributed by atoms with Gasteiger partial charge in [0.2, 0.25) is 5.88 Å². The van der Waals surface area contributed by atoms with E-state index in [-0.39, 0.29) is 10.3 Å². The first-order valence-corrected chi connectivity index (χ1v) is 18.8. The number of amides is 2. The van der Waals surface area contributed by atoms with Gasteiger partial charge in [-0.15, -0.1) is 0 Å². The van der Waals surface area contributed by atoms with Gasteiger partial charge in [-0.3, -0.25) is 0 Å². The molecule has 1 aromatic heterocycles. The van der Waals surface area contributed by atoms with Gasteiger partial charge in [0.05, 0.1) is 19.3 Å². The van der Waals surface area contributed by atoms with Crippen molar-refractivity contribution in [1.82, 2.24) is 14.1 Å². The Morgan fingerprint density at radius 2 is 1.37 bits per heavy atom. The minimum absolute atomic E-state index is 0.0478. The maximum Gasteiger partial charge on any atom is 0.336 e. The van der Waals surface area contributed by atoms with E-state index < -0.39 is 21.5 Å². The van der Waals surface area contributed by atoms with Crippen LogP contribution in [-0.4, -0.2) is 30.9 Å². The van der Waals surface area contributed by atoms with Crippen LogP contribution in [0.25, 0.3) is 0 Å². The summed E-state index contributed by atoms with van der Waals surface area (Å²) >= 11 is 0. The summed E-state index contributed by atoms with van der Waals surface area (Å²) in [6.07, 6.45) is 9.36. The highest BCUT2D eigenvalue weighted by Gasteiger charge is 2.53. The molecule has 248 valence electrons. The number of aromatic nitrogens is 2. The van der Waals surface area contributed by atoms with Crippen LogP contribution in [0.1, 0.15) is 64.6 Å². The van der Waals surface area contributed by atoms with Gasteiger partial charge in [0, 0.05) is 11.1 Å². The molecule has 1 fully saturated rings. The lowest BCUT2D eigenvalue weighted by atomic mass is 9.77. The van der Waals surface area contributed by atoms with Crippen LogP contribution in [0.5, 0.6) is 5.88 Å². The third-order valence-corrected chi connectivity index (χ3v) is 12.9. The average molecular weight is 670 g/mol. The van der Waals surface area contributed by atoms with Crippen molar-refractivity contribution in [2.24, 2.45) is 5.41 Å². The van der Waals surface area contributed by atoms with E-state index >= 15 is 9.00 Å². The largest absolute Gasteiger partial charge is 0.476 e. The highest BCUT2D eigenvalue weighted by atomic mass is 32.2. The fraction of sp³-hybridized carbons (Fsp3) is 0.300. The quantitative estimate of drug-likeness (QED) is 0.172. The Morgan fingerprint density at radius 3 is 1.88 bits per heavy atom. The second-order valence-electron chi connectivity index (χ2n) is 14.1. The molecule has 1 atom stereocenters. The Balaban J connectivity index is 1.31. The number of ether oxygens (including phenoxy) is 1. The van der Waals surface area contributed by atoms with Crippen molar-refractivity contribution in [1.29, 1.82) is 4.78 Å². The van der Waals surface area contributed by atoms with Gasteiger partial charge in [0.25, 0.3) is 0 Å². The Hall–Kier alpha value is -4.89. The number of urea groups is 1. The molecule has 4 aromatic carbocycles. The molecule has 9 heteroatoms.